The number of nitrogens with zero attached hydrogens (tertiary/aromatic N) is 4. The number of aromatic nitrogens is 2. The Morgan fingerprint density at radius 3 is 2.62 bits per heavy atom. The van der Waals surface area contributed by atoms with Gasteiger partial charge in [0.2, 0.25) is 0 Å². The van der Waals surface area contributed by atoms with Gasteiger partial charge < -0.3 is 30.1 Å². The summed E-state index contributed by atoms with van der Waals surface area (Å²) in [5.74, 6) is -0.536. The van der Waals surface area contributed by atoms with Crippen LogP contribution in [0.2, 0.25) is 0 Å². The Hall–Kier alpha value is -4.82. The first-order valence-corrected chi connectivity index (χ1v) is 15.3. The van der Waals surface area contributed by atoms with Crippen LogP contribution in [0.1, 0.15) is 25.3 Å². The van der Waals surface area contributed by atoms with Crippen molar-refractivity contribution in [1.29, 1.82) is 0 Å². The minimum Gasteiger partial charge on any atom is -0.465 e. The number of thiophene rings is 1. The van der Waals surface area contributed by atoms with Crippen molar-refractivity contribution in [1.82, 2.24) is 25.1 Å². The Morgan fingerprint density at radius 1 is 1.11 bits per heavy atom. The number of carboxylic acid groups (broad SMARTS) is 1. The maximum atomic E-state index is 14.9. The van der Waals surface area contributed by atoms with Gasteiger partial charge in [0, 0.05) is 61.9 Å². The quantitative estimate of drug-likeness (QED) is 0.187. The number of carbonyl (C=O) groups is 3. The molecular weight excluding hydrogens is 603 g/mol. The third-order valence-corrected chi connectivity index (χ3v) is 8.61. The first kappa shape index (κ1) is 30.2. The summed E-state index contributed by atoms with van der Waals surface area (Å²) < 4.78 is 26.7. The van der Waals surface area contributed by atoms with Crippen LogP contribution in [0.5, 0.6) is 11.5 Å². The summed E-state index contributed by atoms with van der Waals surface area (Å²) in [5.41, 5.74) is 2.56. The summed E-state index contributed by atoms with van der Waals surface area (Å²) in [6.07, 6.45) is 4.24. The number of halogens is 1. The van der Waals surface area contributed by atoms with Crippen LogP contribution in [0.15, 0.2) is 54.9 Å². The summed E-state index contributed by atoms with van der Waals surface area (Å²) >= 11 is 1.41. The standard InChI is InChI=1S/C31H31FN6O6S/c1-2-43-28(39)17-37(21-15-38(16-21)31(41)42)14-18-3-7-23(34-13-18)27-12-24-29(45-27)26(9-10-33-24)44-25-8-6-20(11-22(25)32)36-30(40)35-19-4-5-19/h3,6-13,19,21H,2,4-5,14-17H2,1H3,(H,41,42)(H2,35,36,40). The molecule has 1 aliphatic carbocycles. The normalized spacial score (nSPS) is 14.7. The van der Waals surface area contributed by atoms with Gasteiger partial charge >= 0.3 is 18.1 Å². The van der Waals surface area contributed by atoms with E-state index in [1.54, 1.807) is 31.5 Å². The van der Waals surface area contributed by atoms with Crippen LogP contribution in [-0.4, -0.2) is 81.3 Å². The Balaban J connectivity index is 1.14. The number of fused-ring (bicyclic) bond motifs is 1. The van der Waals surface area contributed by atoms with E-state index >= 15 is 0 Å². The highest BCUT2D eigenvalue weighted by molar-refractivity contribution is 7.22. The van der Waals surface area contributed by atoms with E-state index in [4.69, 9.17) is 9.47 Å². The Kier molecular flexibility index (Phi) is 8.76. The molecule has 1 saturated carbocycles. The second kappa shape index (κ2) is 13.0. The summed E-state index contributed by atoms with van der Waals surface area (Å²) in [6.45, 7) is 3.11. The molecule has 3 N–H and O–H groups in total. The zero-order chi connectivity index (χ0) is 31.5. The van der Waals surface area contributed by atoms with Crippen LogP contribution in [0.4, 0.5) is 19.7 Å². The fraction of sp³-hybridized carbons (Fsp3) is 0.323. The SMILES string of the molecule is CCOC(=O)CN(Cc1ccc(-c2cc3nccc(Oc4ccc(NC(=O)NC5CC5)cc4F)c3s2)nc1)C1CN(C(=O)O)C1. The number of rotatable bonds is 11. The second-order valence-electron chi connectivity index (χ2n) is 10.9. The molecule has 45 heavy (non-hydrogen) atoms. The molecule has 4 aromatic rings. The monoisotopic (exact) mass is 634 g/mol. The molecule has 3 amide bonds. The van der Waals surface area contributed by atoms with E-state index in [0.717, 1.165) is 28.0 Å². The van der Waals surface area contributed by atoms with Gasteiger partial charge in [-0.2, -0.15) is 0 Å². The number of pyridine rings is 2. The molecule has 1 saturated heterocycles. The van der Waals surface area contributed by atoms with Crippen LogP contribution >= 0.6 is 11.3 Å². The lowest BCUT2D eigenvalue weighted by molar-refractivity contribution is -0.146. The van der Waals surface area contributed by atoms with Crippen molar-refractivity contribution in [3.63, 3.8) is 0 Å². The third-order valence-electron chi connectivity index (χ3n) is 7.45. The van der Waals surface area contributed by atoms with Crippen LogP contribution in [0.25, 0.3) is 20.8 Å². The van der Waals surface area contributed by atoms with Crippen molar-refractivity contribution < 1.29 is 33.4 Å². The number of ether oxygens (including phenoxy) is 2. The number of likely N-dealkylation sites (tertiary alicyclic amines) is 1. The Bertz CT molecular complexity index is 1720. The van der Waals surface area contributed by atoms with E-state index in [0.29, 0.717) is 42.3 Å². The van der Waals surface area contributed by atoms with Gasteiger partial charge in [0.15, 0.2) is 11.6 Å². The lowest BCUT2D eigenvalue weighted by atomic mass is 10.1. The molecule has 1 aromatic carbocycles. The lowest BCUT2D eigenvalue weighted by Gasteiger charge is -2.43. The van der Waals surface area contributed by atoms with Gasteiger partial charge in [-0.1, -0.05) is 6.07 Å². The number of hydrogen-bond acceptors (Lipinski definition) is 9. The van der Waals surface area contributed by atoms with Crippen molar-refractivity contribution in [2.24, 2.45) is 0 Å². The molecule has 4 heterocycles. The summed E-state index contributed by atoms with van der Waals surface area (Å²) in [7, 11) is 0. The molecule has 2 fully saturated rings. The van der Waals surface area contributed by atoms with Crippen LogP contribution in [-0.2, 0) is 16.1 Å². The number of urea groups is 1. The zero-order valence-corrected chi connectivity index (χ0v) is 25.2. The van der Waals surface area contributed by atoms with Crippen LogP contribution in [0, 0.1) is 5.82 Å². The molecule has 6 rings (SSSR count). The number of anilines is 1. The van der Waals surface area contributed by atoms with E-state index in [2.05, 4.69) is 20.6 Å². The Labute approximate surface area is 261 Å². The molecule has 14 heteroatoms. The van der Waals surface area contributed by atoms with E-state index in [1.165, 1.54) is 28.4 Å². The van der Waals surface area contributed by atoms with E-state index in [9.17, 15) is 23.9 Å². The number of esters is 1. The predicted octanol–water partition coefficient (Wildman–Crippen LogP) is 5.30. The predicted molar refractivity (Wildman–Crippen MR) is 165 cm³/mol. The minimum absolute atomic E-state index is 0.0124. The first-order chi connectivity index (χ1) is 21.7. The molecule has 2 aliphatic rings. The smallest absolute Gasteiger partial charge is 0.407 e. The highest BCUT2D eigenvalue weighted by Gasteiger charge is 2.36. The summed E-state index contributed by atoms with van der Waals surface area (Å²) in [4.78, 5) is 48.6. The van der Waals surface area contributed by atoms with Gasteiger partial charge in [-0.15, -0.1) is 11.3 Å². The van der Waals surface area contributed by atoms with Crippen LogP contribution in [0.3, 0.4) is 0 Å². The topological polar surface area (TPSA) is 146 Å². The minimum atomic E-state index is -0.982. The summed E-state index contributed by atoms with van der Waals surface area (Å²) in [6, 6.07) is 11.3. The lowest BCUT2D eigenvalue weighted by Crippen LogP contribution is -2.61. The molecule has 3 aromatic heterocycles. The van der Waals surface area contributed by atoms with Crippen molar-refractivity contribution in [3.05, 3.63) is 66.2 Å². The highest BCUT2D eigenvalue weighted by atomic mass is 32.1. The fourth-order valence-electron chi connectivity index (χ4n) is 4.91. The Morgan fingerprint density at radius 2 is 1.93 bits per heavy atom. The molecule has 0 bridgehead atoms. The van der Waals surface area contributed by atoms with Crippen LogP contribution < -0.4 is 15.4 Å². The average molecular weight is 635 g/mol. The number of amides is 3. The van der Waals surface area contributed by atoms with Gasteiger partial charge in [0.05, 0.1) is 33.9 Å². The van der Waals surface area contributed by atoms with E-state index < -0.39 is 11.9 Å². The maximum absolute atomic E-state index is 14.9. The average Bonchev–Trinajstić information content (AvgIpc) is 3.67. The van der Waals surface area contributed by atoms with Gasteiger partial charge in [0.25, 0.3) is 0 Å². The molecule has 1 aliphatic heterocycles. The number of benzene rings is 1. The third kappa shape index (κ3) is 7.29. The van der Waals surface area contributed by atoms with Gasteiger partial charge in [-0.3, -0.25) is 19.7 Å². The summed E-state index contributed by atoms with van der Waals surface area (Å²) in [5, 5.41) is 14.6. The first-order valence-electron chi connectivity index (χ1n) is 14.5. The van der Waals surface area contributed by atoms with E-state index in [1.807, 2.05) is 23.1 Å². The fourth-order valence-corrected chi connectivity index (χ4v) is 5.95. The van der Waals surface area contributed by atoms with Gasteiger partial charge in [0.1, 0.15) is 5.75 Å². The maximum Gasteiger partial charge on any atom is 0.407 e. The van der Waals surface area contributed by atoms with Crippen molar-refractivity contribution in [2.75, 3.05) is 31.6 Å². The van der Waals surface area contributed by atoms with Gasteiger partial charge in [-0.25, -0.2) is 14.0 Å². The van der Waals surface area contributed by atoms with Crippen molar-refractivity contribution in [2.45, 2.75) is 38.4 Å². The molecule has 0 atom stereocenters. The van der Waals surface area contributed by atoms with E-state index in [-0.39, 0.29) is 43.0 Å². The van der Waals surface area contributed by atoms with Crippen molar-refractivity contribution >= 4 is 45.3 Å². The molecule has 0 unspecified atom stereocenters. The van der Waals surface area contributed by atoms with Crippen molar-refractivity contribution in [3.8, 4) is 22.1 Å². The largest absolute Gasteiger partial charge is 0.465 e. The zero-order valence-electron chi connectivity index (χ0n) is 24.4. The molecular formula is C31H31FN6O6S. The van der Waals surface area contributed by atoms with Gasteiger partial charge in [-0.05, 0) is 49.6 Å². The second-order valence-corrected chi connectivity index (χ2v) is 11.9. The number of carbonyl (C=O) groups excluding carboxylic acids is 2. The molecule has 12 nitrogen and oxygen atoms in total. The highest BCUT2D eigenvalue weighted by Crippen LogP contribution is 2.39. The molecule has 234 valence electrons. The molecule has 0 spiro atoms. The number of nitrogens with one attached hydrogen (secondary N) is 2. The molecule has 0 radical (unpaired) electrons. The number of hydrogen-bond donors (Lipinski definition) is 3.